The molecule has 0 saturated heterocycles. The molecule has 0 aliphatic heterocycles. The van der Waals surface area contributed by atoms with Crippen LogP contribution >= 0.6 is 11.3 Å². The van der Waals surface area contributed by atoms with Crippen LogP contribution in [0.5, 0.6) is 0 Å². The first-order valence-corrected chi connectivity index (χ1v) is 9.53. The Balaban J connectivity index is 1.65. The number of carbonyl (C=O) groups excluding carboxylic acids is 2. The van der Waals surface area contributed by atoms with Crippen molar-refractivity contribution in [3.63, 3.8) is 0 Å². The Bertz CT molecular complexity index is 892. The molecule has 0 fully saturated rings. The lowest BCUT2D eigenvalue weighted by atomic mass is 9.90. The summed E-state index contributed by atoms with van der Waals surface area (Å²) >= 11 is 1.41. The summed E-state index contributed by atoms with van der Waals surface area (Å²) in [5.41, 5.74) is 1.03. The van der Waals surface area contributed by atoms with Crippen LogP contribution in [0.3, 0.4) is 0 Å². The highest BCUT2D eigenvalue weighted by Crippen LogP contribution is 2.32. The van der Waals surface area contributed by atoms with E-state index in [1.165, 1.54) is 46.9 Å². The highest BCUT2D eigenvalue weighted by molar-refractivity contribution is 7.14. The highest BCUT2D eigenvalue weighted by atomic mass is 32.1. The third-order valence-corrected chi connectivity index (χ3v) is 5.76. The van der Waals surface area contributed by atoms with Crippen LogP contribution in [-0.2, 0) is 22.4 Å². The molecule has 0 saturated carbocycles. The molecule has 1 N–H and O–H groups in total. The van der Waals surface area contributed by atoms with Crippen LogP contribution in [0.15, 0.2) is 30.3 Å². The van der Waals surface area contributed by atoms with Crippen molar-refractivity contribution in [2.45, 2.75) is 39.2 Å². The quantitative estimate of drug-likeness (QED) is 0.475. The van der Waals surface area contributed by atoms with E-state index in [-0.39, 0.29) is 11.4 Å². The number of nitrogens with zero attached hydrogens (tertiary/aromatic N) is 1. The van der Waals surface area contributed by atoms with Gasteiger partial charge in [0.05, 0.1) is 4.92 Å². The largest absolute Gasteiger partial charge is 0.448 e. The summed E-state index contributed by atoms with van der Waals surface area (Å²) < 4.78 is 5.26. The van der Waals surface area contributed by atoms with Crippen LogP contribution in [0.4, 0.5) is 11.4 Å². The lowest BCUT2D eigenvalue weighted by Gasteiger charge is -2.16. The van der Waals surface area contributed by atoms with Crippen molar-refractivity contribution in [1.29, 1.82) is 0 Å². The molecule has 1 amide bonds. The van der Waals surface area contributed by atoms with Crippen LogP contribution in [0.1, 0.15) is 40.4 Å². The van der Waals surface area contributed by atoms with Gasteiger partial charge in [0.15, 0.2) is 6.10 Å². The zero-order valence-electron chi connectivity index (χ0n) is 15.1. The Morgan fingerprint density at radius 1 is 1.37 bits per heavy atom. The lowest BCUT2D eigenvalue weighted by Crippen LogP contribution is -2.30. The van der Waals surface area contributed by atoms with Gasteiger partial charge in [0.2, 0.25) is 0 Å². The molecule has 1 aromatic carbocycles. The third kappa shape index (κ3) is 4.33. The topological polar surface area (TPSA) is 98.5 Å². The number of nitrogens with one attached hydrogen (secondary N) is 1. The van der Waals surface area contributed by atoms with E-state index in [4.69, 9.17) is 4.74 Å². The normalized spacial score (nSPS) is 16.9. The van der Waals surface area contributed by atoms with Gasteiger partial charge in [-0.1, -0.05) is 19.1 Å². The molecular weight excluding hydrogens is 368 g/mol. The van der Waals surface area contributed by atoms with Gasteiger partial charge in [-0.15, -0.1) is 11.3 Å². The monoisotopic (exact) mass is 388 g/mol. The fraction of sp³-hybridized carbons (Fsp3) is 0.368. The van der Waals surface area contributed by atoms with E-state index in [0.717, 1.165) is 19.3 Å². The van der Waals surface area contributed by atoms with Crippen molar-refractivity contribution in [2.75, 3.05) is 5.32 Å². The van der Waals surface area contributed by atoms with E-state index < -0.39 is 22.9 Å². The van der Waals surface area contributed by atoms with Gasteiger partial charge in [-0.3, -0.25) is 14.9 Å². The first kappa shape index (κ1) is 19.0. The Morgan fingerprint density at radius 2 is 2.11 bits per heavy atom. The van der Waals surface area contributed by atoms with E-state index in [1.54, 1.807) is 6.07 Å². The molecule has 27 heavy (non-hydrogen) atoms. The van der Waals surface area contributed by atoms with Crippen LogP contribution in [0.2, 0.25) is 0 Å². The number of hydrogen-bond donors (Lipinski definition) is 1. The maximum atomic E-state index is 12.4. The van der Waals surface area contributed by atoms with Crippen molar-refractivity contribution >= 4 is 34.6 Å². The maximum absolute atomic E-state index is 12.4. The number of nitro groups is 1. The molecule has 1 aromatic heterocycles. The lowest BCUT2D eigenvalue weighted by molar-refractivity contribution is -0.383. The Kier molecular flexibility index (Phi) is 5.55. The van der Waals surface area contributed by atoms with Gasteiger partial charge in [0, 0.05) is 10.9 Å². The van der Waals surface area contributed by atoms with Gasteiger partial charge >= 0.3 is 5.97 Å². The molecule has 2 aromatic rings. The third-order valence-electron chi connectivity index (χ3n) is 4.54. The molecule has 1 aliphatic carbocycles. The molecule has 2 atom stereocenters. The summed E-state index contributed by atoms with van der Waals surface area (Å²) in [5.74, 6) is -0.567. The highest BCUT2D eigenvalue weighted by Gasteiger charge is 2.25. The summed E-state index contributed by atoms with van der Waals surface area (Å²) in [4.78, 5) is 36.8. The first-order valence-electron chi connectivity index (χ1n) is 8.72. The zero-order valence-corrected chi connectivity index (χ0v) is 15.9. The number of rotatable bonds is 5. The number of anilines is 1. The van der Waals surface area contributed by atoms with Crippen LogP contribution in [0, 0.1) is 16.0 Å². The minimum atomic E-state index is -1.07. The second-order valence-corrected chi connectivity index (χ2v) is 7.85. The molecule has 8 heteroatoms. The molecular formula is C19H20N2O5S. The molecule has 0 bridgehead atoms. The van der Waals surface area contributed by atoms with Crippen LogP contribution in [0.25, 0.3) is 0 Å². The standard InChI is InChI=1S/C19H20N2O5S/c1-11-7-8-16-13(9-11)10-17(27-16)19(23)26-12(2)18(22)20-14-5-3-4-6-15(14)21(24)25/h3-6,10-12H,7-9H2,1-2H3,(H,20,22)/t11-,12+/m0/s1. The molecule has 0 unspecified atom stereocenters. The number of aryl methyl sites for hydroxylation is 1. The zero-order chi connectivity index (χ0) is 19.6. The molecule has 1 aliphatic rings. The van der Waals surface area contributed by atoms with Crippen molar-refractivity contribution in [1.82, 2.24) is 0 Å². The van der Waals surface area contributed by atoms with E-state index >= 15 is 0 Å². The number of esters is 1. The molecule has 7 nitrogen and oxygen atoms in total. The van der Waals surface area contributed by atoms with Crippen molar-refractivity contribution < 1.29 is 19.2 Å². The van der Waals surface area contributed by atoms with Crippen molar-refractivity contribution in [2.24, 2.45) is 5.92 Å². The number of amides is 1. The van der Waals surface area contributed by atoms with E-state index in [9.17, 15) is 19.7 Å². The van der Waals surface area contributed by atoms with Crippen molar-refractivity contribution in [3.05, 3.63) is 55.8 Å². The average molecular weight is 388 g/mol. The smallest absolute Gasteiger partial charge is 0.349 e. The predicted octanol–water partition coefficient (Wildman–Crippen LogP) is 3.97. The first-order chi connectivity index (χ1) is 12.8. The number of benzene rings is 1. The number of para-hydroxylation sites is 2. The van der Waals surface area contributed by atoms with E-state index in [1.807, 2.05) is 6.07 Å². The minimum Gasteiger partial charge on any atom is -0.448 e. The number of fused-ring (bicyclic) bond motifs is 1. The maximum Gasteiger partial charge on any atom is 0.349 e. The van der Waals surface area contributed by atoms with Crippen molar-refractivity contribution in [3.8, 4) is 0 Å². The summed E-state index contributed by atoms with van der Waals surface area (Å²) in [6.07, 6.45) is 1.95. The second kappa shape index (κ2) is 7.87. The fourth-order valence-corrected chi connectivity index (χ4v) is 4.14. The molecule has 1 heterocycles. The summed E-state index contributed by atoms with van der Waals surface area (Å²) in [7, 11) is 0. The van der Waals surface area contributed by atoms with Gasteiger partial charge in [-0.05, 0) is 49.8 Å². The van der Waals surface area contributed by atoms with Crippen LogP contribution < -0.4 is 5.32 Å². The summed E-state index contributed by atoms with van der Waals surface area (Å²) in [6.45, 7) is 3.63. The number of ether oxygens (including phenoxy) is 1. The summed E-state index contributed by atoms with van der Waals surface area (Å²) in [5, 5.41) is 13.5. The van der Waals surface area contributed by atoms with E-state index in [2.05, 4.69) is 12.2 Å². The van der Waals surface area contributed by atoms with Gasteiger partial charge in [-0.25, -0.2) is 4.79 Å². The molecule has 142 valence electrons. The average Bonchev–Trinajstić information content (AvgIpc) is 3.05. The number of hydrogen-bond acceptors (Lipinski definition) is 6. The van der Waals surface area contributed by atoms with Gasteiger partial charge in [-0.2, -0.15) is 0 Å². The Hall–Kier alpha value is -2.74. The van der Waals surface area contributed by atoms with E-state index in [0.29, 0.717) is 10.8 Å². The predicted molar refractivity (Wildman–Crippen MR) is 102 cm³/mol. The Labute approximate surface area is 160 Å². The van der Waals surface area contributed by atoms with Gasteiger partial charge in [0.25, 0.3) is 11.6 Å². The fourth-order valence-electron chi connectivity index (χ4n) is 3.05. The van der Waals surface area contributed by atoms with Crippen LogP contribution in [-0.4, -0.2) is 22.9 Å². The van der Waals surface area contributed by atoms with Gasteiger partial charge in [0.1, 0.15) is 10.6 Å². The number of carbonyl (C=O) groups is 2. The van der Waals surface area contributed by atoms with Gasteiger partial charge < -0.3 is 10.1 Å². The molecule has 0 spiro atoms. The Morgan fingerprint density at radius 3 is 2.85 bits per heavy atom. The molecule has 3 rings (SSSR count). The molecule has 0 radical (unpaired) electrons. The number of thiophene rings is 1. The minimum absolute atomic E-state index is 0.0657. The summed E-state index contributed by atoms with van der Waals surface area (Å²) in [6, 6.07) is 7.67. The second-order valence-electron chi connectivity index (χ2n) is 6.72. The number of nitro benzene ring substituents is 1. The SMILES string of the molecule is C[C@H]1CCc2sc(C(=O)O[C@H](C)C(=O)Nc3ccccc3[N+](=O)[O-])cc2C1.